The van der Waals surface area contributed by atoms with E-state index in [1.165, 1.54) is 12.8 Å². The Hall–Kier alpha value is -0.160. The molecular weight excluding hydrogens is 204 g/mol. The van der Waals surface area contributed by atoms with Gasteiger partial charge in [0.2, 0.25) is 0 Å². The number of methoxy groups -OCH3 is 2. The average molecular weight is 230 g/mol. The van der Waals surface area contributed by atoms with E-state index in [2.05, 4.69) is 17.1 Å². The summed E-state index contributed by atoms with van der Waals surface area (Å²) in [4.78, 5) is 2.49. The van der Waals surface area contributed by atoms with E-state index in [9.17, 15) is 0 Å². The number of hydrogen-bond donors (Lipinski definition) is 1. The smallest absolute Gasteiger partial charge is 0.0971 e. The van der Waals surface area contributed by atoms with Crippen molar-refractivity contribution in [1.82, 2.24) is 10.2 Å². The molecule has 96 valence electrons. The summed E-state index contributed by atoms with van der Waals surface area (Å²) in [5, 5.41) is 3.27. The Balaban J connectivity index is 2.52. The Kier molecular flexibility index (Phi) is 6.28. The first-order valence-electron chi connectivity index (χ1n) is 6.21. The van der Waals surface area contributed by atoms with Gasteiger partial charge < -0.3 is 14.8 Å². The lowest BCUT2D eigenvalue weighted by atomic mass is 10.1. The zero-order valence-electron chi connectivity index (χ0n) is 11.0. The van der Waals surface area contributed by atoms with Crippen LogP contribution in [0.15, 0.2) is 0 Å². The van der Waals surface area contributed by atoms with E-state index in [0.717, 1.165) is 19.6 Å². The second-order valence-electron chi connectivity index (χ2n) is 4.50. The molecule has 3 unspecified atom stereocenters. The molecule has 1 saturated heterocycles. The summed E-state index contributed by atoms with van der Waals surface area (Å²) >= 11 is 0. The van der Waals surface area contributed by atoms with Gasteiger partial charge in [-0.15, -0.1) is 0 Å². The highest BCUT2D eigenvalue weighted by atomic mass is 16.5. The number of nitrogens with one attached hydrogen (secondary N) is 1. The summed E-state index contributed by atoms with van der Waals surface area (Å²) in [6, 6.07) is 0.604. The molecule has 0 radical (unpaired) electrons. The summed E-state index contributed by atoms with van der Waals surface area (Å²) < 4.78 is 10.9. The van der Waals surface area contributed by atoms with Gasteiger partial charge in [0.05, 0.1) is 12.2 Å². The van der Waals surface area contributed by atoms with Crippen LogP contribution in [-0.2, 0) is 9.47 Å². The van der Waals surface area contributed by atoms with Crippen LogP contribution < -0.4 is 5.32 Å². The van der Waals surface area contributed by atoms with Crippen molar-refractivity contribution in [3.05, 3.63) is 0 Å². The highest BCUT2D eigenvalue weighted by molar-refractivity contribution is 4.89. The molecule has 4 heteroatoms. The lowest BCUT2D eigenvalue weighted by molar-refractivity contribution is -0.00461. The number of ether oxygens (including phenoxy) is 2. The first-order valence-corrected chi connectivity index (χ1v) is 6.21. The number of likely N-dealkylation sites (N-methyl/N-ethyl adjacent to an activating group) is 1. The van der Waals surface area contributed by atoms with Crippen molar-refractivity contribution in [1.29, 1.82) is 0 Å². The van der Waals surface area contributed by atoms with Crippen LogP contribution in [0.3, 0.4) is 0 Å². The van der Waals surface area contributed by atoms with Crippen LogP contribution in [0.5, 0.6) is 0 Å². The monoisotopic (exact) mass is 230 g/mol. The van der Waals surface area contributed by atoms with Crippen molar-refractivity contribution >= 4 is 0 Å². The van der Waals surface area contributed by atoms with Gasteiger partial charge in [0.1, 0.15) is 0 Å². The molecule has 16 heavy (non-hydrogen) atoms. The summed E-state index contributed by atoms with van der Waals surface area (Å²) in [5.41, 5.74) is 0. The highest BCUT2D eigenvalue weighted by Gasteiger charge is 2.35. The van der Waals surface area contributed by atoms with Gasteiger partial charge in [0, 0.05) is 39.9 Å². The molecule has 1 heterocycles. The molecule has 0 aromatic heterocycles. The van der Waals surface area contributed by atoms with E-state index in [0.29, 0.717) is 6.04 Å². The molecule has 0 aromatic carbocycles. The second-order valence-corrected chi connectivity index (χ2v) is 4.50. The van der Waals surface area contributed by atoms with Crippen LogP contribution in [-0.4, -0.2) is 64.1 Å². The Morgan fingerprint density at radius 3 is 2.19 bits per heavy atom. The van der Waals surface area contributed by atoms with Gasteiger partial charge in [-0.25, -0.2) is 0 Å². The van der Waals surface area contributed by atoms with Gasteiger partial charge in [-0.2, -0.15) is 0 Å². The molecule has 1 N–H and O–H groups in total. The van der Waals surface area contributed by atoms with Gasteiger partial charge in [-0.1, -0.05) is 13.3 Å². The first-order chi connectivity index (χ1) is 7.76. The maximum atomic E-state index is 5.46. The van der Waals surface area contributed by atoms with Gasteiger partial charge in [-0.3, -0.25) is 4.90 Å². The lowest BCUT2D eigenvalue weighted by Gasteiger charge is -2.27. The van der Waals surface area contributed by atoms with E-state index < -0.39 is 0 Å². The van der Waals surface area contributed by atoms with Crippen LogP contribution in [0.1, 0.15) is 19.8 Å². The molecule has 4 nitrogen and oxygen atoms in total. The second kappa shape index (κ2) is 7.22. The van der Waals surface area contributed by atoms with Gasteiger partial charge in [0.25, 0.3) is 0 Å². The lowest BCUT2D eigenvalue weighted by Crippen LogP contribution is -2.41. The van der Waals surface area contributed by atoms with Crippen LogP contribution in [0.2, 0.25) is 0 Å². The van der Waals surface area contributed by atoms with Crippen molar-refractivity contribution < 1.29 is 9.47 Å². The Labute approximate surface area is 99.3 Å². The zero-order chi connectivity index (χ0) is 12.0. The number of nitrogens with zero attached hydrogens (tertiary/aromatic N) is 1. The van der Waals surface area contributed by atoms with E-state index >= 15 is 0 Å². The molecule has 0 spiro atoms. The standard InChI is InChI=1S/C12H26N2O2/c1-5-6-10(7-13-2)14-8-11(15-3)12(9-14)16-4/h10-13H,5-9H2,1-4H3. The maximum Gasteiger partial charge on any atom is 0.0971 e. The van der Waals surface area contributed by atoms with Gasteiger partial charge >= 0.3 is 0 Å². The van der Waals surface area contributed by atoms with Crippen LogP contribution in [0.4, 0.5) is 0 Å². The molecule has 0 amide bonds. The van der Waals surface area contributed by atoms with E-state index in [4.69, 9.17) is 9.47 Å². The summed E-state index contributed by atoms with van der Waals surface area (Å²) in [5.74, 6) is 0. The molecule has 1 aliphatic rings. The third-order valence-corrected chi connectivity index (χ3v) is 3.43. The third kappa shape index (κ3) is 3.42. The SMILES string of the molecule is CCCC(CNC)N1CC(OC)C(OC)C1. The molecule has 0 bridgehead atoms. The van der Waals surface area contributed by atoms with Crippen molar-refractivity contribution in [3.63, 3.8) is 0 Å². The molecule has 0 aromatic rings. The minimum Gasteiger partial charge on any atom is -0.377 e. The fourth-order valence-corrected chi connectivity index (χ4v) is 2.51. The molecule has 1 aliphatic heterocycles. The summed E-state index contributed by atoms with van der Waals surface area (Å²) in [6.45, 7) is 5.25. The molecule has 1 rings (SSSR count). The van der Waals surface area contributed by atoms with Crippen LogP contribution >= 0.6 is 0 Å². The summed E-state index contributed by atoms with van der Waals surface area (Å²) in [7, 11) is 5.56. The first kappa shape index (κ1) is 13.9. The number of likely N-dealkylation sites (tertiary alicyclic amines) is 1. The molecule has 3 atom stereocenters. The molecular formula is C12H26N2O2. The Morgan fingerprint density at radius 1 is 1.25 bits per heavy atom. The third-order valence-electron chi connectivity index (χ3n) is 3.43. The normalized spacial score (nSPS) is 28.5. The van der Waals surface area contributed by atoms with Gasteiger partial charge in [0.15, 0.2) is 0 Å². The van der Waals surface area contributed by atoms with E-state index in [1.54, 1.807) is 14.2 Å². The number of rotatable bonds is 7. The van der Waals surface area contributed by atoms with E-state index in [-0.39, 0.29) is 12.2 Å². The Bertz CT molecular complexity index is 172. The van der Waals surface area contributed by atoms with Crippen molar-refractivity contribution in [2.45, 2.75) is 38.0 Å². The number of hydrogen-bond acceptors (Lipinski definition) is 4. The van der Waals surface area contributed by atoms with Gasteiger partial charge in [-0.05, 0) is 13.5 Å². The maximum absolute atomic E-state index is 5.46. The fourth-order valence-electron chi connectivity index (χ4n) is 2.51. The fraction of sp³-hybridized carbons (Fsp3) is 1.00. The zero-order valence-corrected chi connectivity index (χ0v) is 11.0. The Morgan fingerprint density at radius 2 is 1.81 bits per heavy atom. The average Bonchev–Trinajstić information content (AvgIpc) is 2.71. The topological polar surface area (TPSA) is 33.7 Å². The van der Waals surface area contributed by atoms with Crippen LogP contribution in [0, 0.1) is 0 Å². The highest BCUT2D eigenvalue weighted by Crippen LogP contribution is 2.20. The minimum absolute atomic E-state index is 0.223. The van der Waals surface area contributed by atoms with Crippen molar-refractivity contribution in [3.8, 4) is 0 Å². The van der Waals surface area contributed by atoms with Crippen LogP contribution in [0.25, 0.3) is 0 Å². The van der Waals surface area contributed by atoms with Crippen molar-refractivity contribution in [2.75, 3.05) is 40.9 Å². The van der Waals surface area contributed by atoms with E-state index in [1.807, 2.05) is 7.05 Å². The summed E-state index contributed by atoms with van der Waals surface area (Å²) in [6.07, 6.45) is 2.90. The molecule has 0 aliphatic carbocycles. The largest absolute Gasteiger partial charge is 0.377 e. The quantitative estimate of drug-likeness (QED) is 0.699. The minimum atomic E-state index is 0.223. The molecule has 1 fully saturated rings. The predicted octanol–water partition coefficient (Wildman–Crippen LogP) is 0.720. The molecule has 0 saturated carbocycles. The van der Waals surface area contributed by atoms with Crippen molar-refractivity contribution in [2.24, 2.45) is 0 Å². The predicted molar refractivity (Wildman–Crippen MR) is 65.8 cm³/mol.